The van der Waals surface area contributed by atoms with Crippen molar-refractivity contribution in [3.63, 3.8) is 0 Å². The van der Waals surface area contributed by atoms with Gasteiger partial charge >= 0.3 is 0 Å². The first-order chi connectivity index (χ1) is 11.9. The van der Waals surface area contributed by atoms with Crippen LogP contribution in [0.5, 0.6) is 5.75 Å². The van der Waals surface area contributed by atoms with E-state index in [9.17, 15) is 14.4 Å². The van der Waals surface area contributed by atoms with E-state index in [-0.39, 0.29) is 36.3 Å². The van der Waals surface area contributed by atoms with Gasteiger partial charge in [0.05, 0.1) is 0 Å². The fraction of sp³-hybridized carbons (Fsp3) is 0.526. The maximum absolute atomic E-state index is 12.5. The molecular formula is C19H26N2O4. The Labute approximate surface area is 148 Å². The topological polar surface area (TPSA) is 75.7 Å². The van der Waals surface area contributed by atoms with Gasteiger partial charge in [-0.15, -0.1) is 0 Å². The molecule has 0 aromatic heterocycles. The summed E-state index contributed by atoms with van der Waals surface area (Å²) in [7, 11) is 0. The Morgan fingerprint density at radius 1 is 1.28 bits per heavy atom. The highest BCUT2D eigenvalue weighted by atomic mass is 16.5. The molecule has 2 amide bonds. The predicted molar refractivity (Wildman–Crippen MR) is 94.6 cm³/mol. The van der Waals surface area contributed by atoms with E-state index >= 15 is 0 Å². The van der Waals surface area contributed by atoms with Gasteiger partial charge in [0.2, 0.25) is 5.91 Å². The van der Waals surface area contributed by atoms with Crippen molar-refractivity contribution < 1.29 is 19.1 Å². The van der Waals surface area contributed by atoms with Crippen LogP contribution in [0.3, 0.4) is 0 Å². The Bertz CT molecular complexity index is 625. The van der Waals surface area contributed by atoms with E-state index in [0.29, 0.717) is 30.7 Å². The van der Waals surface area contributed by atoms with Crippen molar-refractivity contribution >= 4 is 17.6 Å². The molecule has 1 saturated heterocycles. The summed E-state index contributed by atoms with van der Waals surface area (Å²) >= 11 is 0. The summed E-state index contributed by atoms with van der Waals surface area (Å²) in [5.41, 5.74) is 0.641. The molecule has 0 radical (unpaired) electrons. The summed E-state index contributed by atoms with van der Waals surface area (Å²) in [5.74, 6) is 0.551. The minimum Gasteiger partial charge on any atom is -0.484 e. The Morgan fingerprint density at radius 3 is 2.48 bits per heavy atom. The molecule has 2 rings (SSSR count). The van der Waals surface area contributed by atoms with Gasteiger partial charge in [-0.1, -0.05) is 6.92 Å². The van der Waals surface area contributed by atoms with Crippen molar-refractivity contribution in [2.45, 2.75) is 52.1 Å². The van der Waals surface area contributed by atoms with Crippen LogP contribution in [0.15, 0.2) is 24.3 Å². The molecule has 136 valence electrons. The van der Waals surface area contributed by atoms with Gasteiger partial charge in [0.15, 0.2) is 12.4 Å². The molecule has 1 unspecified atom stereocenters. The molecule has 1 aliphatic heterocycles. The second kappa shape index (κ2) is 8.65. The van der Waals surface area contributed by atoms with E-state index in [1.165, 1.54) is 0 Å². The zero-order chi connectivity index (χ0) is 18.4. The van der Waals surface area contributed by atoms with Crippen LogP contribution in [-0.2, 0) is 9.59 Å². The van der Waals surface area contributed by atoms with Crippen LogP contribution in [0.4, 0.5) is 0 Å². The number of amides is 2. The van der Waals surface area contributed by atoms with Gasteiger partial charge in [0.25, 0.3) is 5.91 Å². The van der Waals surface area contributed by atoms with E-state index in [1.54, 1.807) is 29.2 Å². The fourth-order valence-electron chi connectivity index (χ4n) is 2.82. The van der Waals surface area contributed by atoms with E-state index in [2.05, 4.69) is 5.32 Å². The molecule has 1 atom stereocenters. The van der Waals surface area contributed by atoms with E-state index in [0.717, 1.165) is 6.42 Å². The number of nitrogens with one attached hydrogen (secondary N) is 1. The van der Waals surface area contributed by atoms with Crippen molar-refractivity contribution in [2.24, 2.45) is 0 Å². The normalized spacial score (nSPS) is 16.6. The predicted octanol–water partition coefficient (Wildman–Crippen LogP) is 2.17. The number of benzene rings is 1. The average molecular weight is 346 g/mol. The minimum absolute atomic E-state index is 0.0122. The van der Waals surface area contributed by atoms with Crippen molar-refractivity contribution in [1.82, 2.24) is 10.2 Å². The molecule has 0 bridgehead atoms. The zero-order valence-corrected chi connectivity index (χ0v) is 15.1. The third-order valence-corrected chi connectivity index (χ3v) is 4.31. The second-order valence-corrected chi connectivity index (χ2v) is 6.53. The summed E-state index contributed by atoms with van der Waals surface area (Å²) < 4.78 is 5.56. The van der Waals surface area contributed by atoms with Gasteiger partial charge in [-0.2, -0.15) is 0 Å². The van der Waals surface area contributed by atoms with Gasteiger partial charge < -0.3 is 15.0 Å². The molecule has 1 N–H and O–H groups in total. The van der Waals surface area contributed by atoms with Crippen LogP contribution in [0.25, 0.3) is 0 Å². The van der Waals surface area contributed by atoms with E-state index < -0.39 is 0 Å². The Morgan fingerprint density at radius 2 is 1.96 bits per heavy atom. The molecule has 6 nitrogen and oxygen atoms in total. The lowest BCUT2D eigenvalue weighted by atomic mass is 10.1. The van der Waals surface area contributed by atoms with Gasteiger partial charge in [-0.25, -0.2) is 0 Å². The molecule has 0 spiro atoms. The van der Waals surface area contributed by atoms with Crippen LogP contribution in [0.2, 0.25) is 0 Å². The van der Waals surface area contributed by atoms with Gasteiger partial charge in [-0.3, -0.25) is 14.4 Å². The van der Waals surface area contributed by atoms with Crippen LogP contribution in [0, 0.1) is 0 Å². The van der Waals surface area contributed by atoms with Crippen LogP contribution in [0.1, 0.15) is 50.4 Å². The standard InChI is InChI=1S/C19H26N2O4/c1-4-17(22)14-5-8-16(9-6-14)25-12-19(24)21(13(2)3)11-15-7-10-18(23)20-15/h5-6,8-9,13,15H,4,7,10-12H2,1-3H3,(H,20,23). The van der Waals surface area contributed by atoms with Crippen LogP contribution in [-0.4, -0.2) is 47.7 Å². The number of carbonyl (C=O) groups excluding carboxylic acids is 3. The molecular weight excluding hydrogens is 320 g/mol. The number of nitrogens with zero attached hydrogens (tertiary/aromatic N) is 1. The number of rotatable bonds is 8. The Balaban J connectivity index is 1.90. The molecule has 1 fully saturated rings. The maximum atomic E-state index is 12.5. The third kappa shape index (κ3) is 5.31. The SMILES string of the molecule is CCC(=O)c1ccc(OCC(=O)N(CC2CCC(=O)N2)C(C)C)cc1. The van der Waals surface area contributed by atoms with Gasteiger partial charge in [0.1, 0.15) is 5.75 Å². The first-order valence-electron chi connectivity index (χ1n) is 8.75. The molecule has 0 aliphatic carbocycles. The number of hydrogen-bond acceptors (Lipinski definition) is 4. The van der Waals surface area contributed by atoms with Crippen LogP contribution < -0.4 is 10.1 Å². The lowest BCUT2D eigenvalue weighted by Gasteiger charge is -2.29. The fourth-order valence-corrected chi connectivity index (χ4v) is 2.82. The molecule has 25 heavy (non-hydrogen) atoms. The lowest BCUT2D eigenvalue weighted by Crippen LogP contribution is -2.47. The highest BCUT2D eigenvalue weighted by Crippen LogP contribution is 2.15. The maximum Gasteiger partial charge on any atom is 0.260 e. The molecule has 6 heteroatoms. The first-order valence-corrected chi connectivity index (χ1v) is 8.75. The quantitative estimate of drug-likeness (QED) is 0.732. The van der Waals surface area contributed by atoms with E-state index in [4.69, 9.17) is 4.74 Å². The Hall–Kier alpha value is -2.37. The highest BCUT2D eigenvalue weighted by molar-refractivity contribution is 5.95. The lowest BCUT2D eigenvalue weighted by molar-refractivity contribution is -0.135. The number of ether oxygens (including phenoxy) is 1. The second-order valence-electron chi connectivity index (χ2n) is 6.53. The van der Waals surface area contributed by atoms with E-state index in [1.807, 2.05) is 20.8 Å². The summed E-state index contributed by atoms with van der Waals surface area (Å²) in [6.45, 7) is 6.13. The molecule has 1 aliphatic rings. The Kier molecular flexibility index (Phi) is 6.56. The third-order valence-electron chi connectivity index (χ3n) is 4.31. The summed E-state index contributed by atoms with van der Waals surface area (Å²) in [6, 6.07) is 6.86. The molecule has 1 aromatic rings. The van der Waals surface area contributed by atoms with Gasteiger partial charge in [-0.05, 0) is 44.5 Å². The summed E-state index contributed by atoms with van der Waals surface area (Å²) in [5, 5.41) is 2.88. The van der Waals surface area contributed by atoms with Crippen molar-refractivity contribution in [3.05, 3.63) is 29.8 Å². The molecule has 0 saturated carbocycles. The molecule has 1 aromatic carbocycles. The molecule has 1 heterocycles. The number of ketones is 1. The average Bonchev–Trinajstić information content (AvgIpc) is 3.02. The summed E-state index contributed by atoms with van der Waals surface area (Å²) in [6.07, 6.45) is 1.73. The first kappa shape index (κ1) is 19.0. The smallest absolute Gasteiger partial charge is 0.260 e. The highest BCUT2D eigenvalue weighted by Gasteiger charge is 2.26. The number of hydrogen-bond donors (Lipinski definition) is 1. The van der Waals surface area contributed by atoms with Gasteiger partial charge in [0, 0.05) is 37.0 Å². The largest absolute Gasteiger partial charge is 0.484 e. The summed E-state index contributed by atoms with van der Waals surface area (Å²) in [4.78, 5) is 37.1. The van der Waals surface area contributed by atoms with Crippen molar-refractivity contribution in [3.8, 4) is 5.75 Å². The van der Waals surface area contributed by atoms with Crippen molar-refractivity contribution in [1.29, 1.82) is 0 Å². The monoisotopic (exact) mass is 346 g/mol. The number of Topliss-reactive ketones (excluding diaryl/α,β-unsaturated/α-hetero) is 1. The minimum atomic E-state index is -0.120. The number of carbonyl (C=O) groups is 3. The van der Waals surface area contributed by atoms with Crippen LogP contribution >= 0.6 is 0 Å². The zero-order valence-electron chi connectivity index (χ0n) is 15.1. The van der Waals surface area contributed by atoms with Crippen molar-refractivity contribution in [2.75, 3.05) is 13.2 Å².